The largest absolute Gasteiger partial charge is 0.493 e. The second-order valence-electron chi connectivity index (χ2n) is 11.0. The maximum Gasteiger partial charge on any atom is 0.244 e. The molecule has 2 aromatic heterocycles. The summed E-state index contributed by atoms with van der Waals surface area (Å²) in [6.45, 7) is 2.21. The fourth-order valence-corrected chi connectivity index (χ4v) is 6.45. The first-order valence-corrected chi connectivity index (χ1v) is 16.6. The molecule has 12 heteroatoms. The van der Waals surface area contributed by atoms with Crippen LogP contribution in [-0.2, 0) is 0 Å². The molecule has 0 saturated heterocycles. The van der Waals surface area contributed by atoms with Gasteiger partial charge in [-0.1, -0.05) is 12.1 Å². The second kappa shape index (κ2) is 15.2. The average molecular weight is 696 g/mol. The highest BCUT2D eigenvalue weighted by Crippen LogP contribution is 2.42. The van der Waals surface area contributed by atoms with Crippen molar-refractivity contribution in [3.05, 3.63) is 78.9 Å². The molecule has 0 radical (unpaired) electrons. The third-order valence-corrected chi connectivity index (χ3v) is 9.02. The number of nitrogens with zero attached hydrogens (tertiary/aromatic N) is 3. The number of benzene rings is 4. The van der Waals surface area contributed by atoms with Crippen LogP contribution in [0.2, 0.25) is 0 Å². The number of carbonyl (C=O) groups is 1. The van der Waals surface area contributed by atoms with Crippen molar-refractivity contribution < 1.29 is 38.0 Å². The van der Waals surface area contributed by atoms with E-state index in [9.17, 15) is 4.79 Å². The summed E-state index contributed by atoms with van der Waals surface area (Å²) in [5.74, 6) is 3.51. The van der Waals surface area contributed by atoms with E-state index in [1.54, 1.807) is 65.1 Å². The van der Waals surface area contributed by atoms with Crippen molar-refractivity contribution in [3.8, 4) is 73.3 Å². The van der Waals surface area contributed by atoms with Crippen molar-refractivity contribution in [3.63, 3.8) is 0 Å². The number of rotatable bonds is 14. The van der Waals surface area contributed by atoms with Crippen molar-refractivity contribution in [2.24, 2.45) is 0 Å². The zero-order valence-corrected chi connectivity index (χ0v) is 29.5. The van der Waals surface area contributed by atoms with Gasteiger partial charge in [-0.15, -0.1) is 11.3 Å². The molecule has 0 amide bonds. The van der Waals surface area contributed by atoms with E-state index in [4.69, 9.17) is 38.1 Å². The molecule has 6 rings (SSSR count). The highest BCUT2D eigenvalue weighted by atomic mass is 32.1. The lowest BCUT2D eigenvalue weighted by Gasteiger charge is -2.14. The van der Waals surface area contributed by atoms with Gasteiger partial charge >= 0.3 is 0 Å². The number of ether oxygens (including phenoxy) is 7. The number of thiazole rings is 1. The Morgan fingerprint density at radius 2 is 1.28 bits per heavy atom. The van der Waals surface area contributed by atoms with E-state index in [-0.39, 0.29) is 5.91 Å². The minimum Gasteiger partial charge on any atom is -0.493 e. The minimum atomic E-state index is -0.252. The molecule has 0 saturated carbocycles. The summed E-state index contributed by atoms with van der Waals surface area (Å²) in [6.07, 6.45) is 0.590. The molecular weight excluding hydrogens is 658 g/mol. The van der Waals surface area contributed by atoms with E-state index < -0.39 is 0 Å². The Kier molecular flexibility index (Phi) is 10.4. The van der Waals surface area contributed by atoms with Gasteiger partial charge in [0.25, 0.3) is 0 Å². The summed E-state index contributed by atoms with van der Waals surface area (Å²) in [5.41, 5.74) is 4.48. The number of methoxy groups -OCH3 is 5. The Labute approximate surface area is 293 Å². The molecule has 0 aliphatic carbocycles. The van der Waals surface area contributed by atoms with Crippen molar-refractivity contribution in [1.82, 2.24) is 14.8 Å². The Morgan fingerprint density at radius 1 is 0.660 bits per heavy atom. The van der Waals surface area contributed by atoms with Gasteiger partial charge in [-0.3, -0.25) is 4.79 Å². The van der Waals surface area contributed by atoms with Gasteiger partial charge in [0.05, 0.1) is 70.4 Å². The molecule has 0 unspecified atom stereocenters. The Morgan fingerprint density at radius 3 is 1.94 bits per heavy atom. The normalized spacial score (nSPS) is 10.9. The Bertz CT molecular complexity index is 2080. The molecule has 2 heterocycles. The zero-order valence-electron chi connectivity index (χ0n) is 28.6. The number of para-hydroxylation sites is 1. The lowest BCUT2D eigenvalue weighted by atomic mass is 10.1. The topological polar surface area (TPSA) is 112 Å². The van der Waals surface area contributed by atoms with E-state index in [1.807, 2.05) is 54.6 Å². The fraction of sp³-hybridized carbons (Fsp3) is 0.237. The van der Waals surface area contributed by atoms with Gasteiger partial charge in [-0.25, -0.2) is 4.98 Å². The van der Waals surface area contributed by atoms with E-state index in [0.29, 0.717) is 76.8 Å². The van der Waals surface area contributed by atoms with Gasteiger partial charge in [0.2, 0.25) is 11.7 Å². The molecule has 0 bridgehead atoms. The van der Waals surface area contributed by atoms with Gasteiger partial charge in [0, 0.05) is 30.0 Å². The standard InChI is InChI=1S/C38H37N3O8S/c1-23(42)41-29(22-28(40-41)26-20-34(45-4)37(47-6)35(21-26)46-5)24-12-14-30(43-2)33(18-24)49-17-9-16-48-31-15-13-25(19-32(31)44-3)38-39-27-10-7-8-11-36(27)50-38/h7-8,10-15,18-22H,9,16-17H2,1-6H3. The maximum absolute atomic E-state index is 12.7. The van der Waals surface area contributed by atoms with E-state index in [1.165, 1.54) is 11.6 Å². The molecular formula is C38H37N3O8S. The number of hydrogen-bond donors (Lipinski definition) is 0. The summed E-state index contributed by atoms with van der Waals surface area (Å²) in [7, 11) is 7.84. The van der Waals surface area contributed by atoms with Crippen LogP contribution in [0.1, 0.15) is 18.1 Å². The molecule has 0 aliphatic rings. The molecule has 258 valence electrons. The first kappa shape index (κ1) is 34.1. The third-order valence-electron chi connectivity index (χ3n) is 7.94. The summed E-state index contributed by atoms with van der Waals surface area (Å²) >= 11 is 1.64. The maximum atomic E-state index is 12.7. The van der Waals surface area contributed by atoms with Crippen molar-refractivity contribution in [2.75, 3.05) is 48.8 Å². The van der Waals surface area contributed by atoms with Gasteiger partial charge in [-0.2, -0.15) is 9.78 Å². The Hall–Kier alpha value is -5.75. The van der Waals surface area contributed by atoms with Gasteiger partial charge in [0.1, 0.15) is 5.01 Å². The molecule has 0 fully saturated rings. The molecule has 50 heavy (non-hydrogen) atoms. The van der Waals surface area contributed by atoms with Gasteiger partial charge < -0.3 is 33.2 Å². The van der Waals surface area contributed by atoms with Crippen LogP contribution in [0, 0.1) is 0 Å². The number of carbonyl (C=O) groups excluding carboxylic acids is 1. The first-order chi connectivity index (χ1) is 24.4. The summed E-state index contributed by atoms with van der Waals surface area (Å²) in [6, 6.07) is 24.8. The van der Waals surface area contributed by atoms with Crippen molar-refractivity contribution in [1.29, 1.82) is 0 Å². The zero-order chi connectivity index (χ0) is 35.2. The highest BCUT2D eigenvalue weighted by molar-refractivity contribution is 7.21. The fourth-order valence-electron chi connectivity index (χ4n) is 5.48. The predicted molar refractivity (Wildman–Crippen MR) is 193 cm³/mol. The quantitative estimate of drug-likeness (QED) is 0.104. The molecule has 0 atom stereocenters. The molecule has 0 spiro atoms. The summed E-state index contributed by atoms with van der Waals surface area (Å²) < 4.78 is 42.4. The van der Waals surface area contributed by atoms with Crippen LogP contribution in [0.25, 0.3) is 43.3 Å². The van der Waals surface area contributed by atoms with Crippen molar-refractivity contribution >= 4 is 27.5 Å². The van der Waals surface area contributed by atoms with Crippen LogP contribution in [0.4, 0.5) is 0 Å². The van der Waals surface area contributed by atoms with Crippen LogP contribution >= 0.6 is 11.3 Å². The molecule has 0 aliphatic heterocycles. The monoisotopic (exact) mass is 695 g/mol. The van der Waals surface area contributed by atoms with Crippen LogP contribution in [0.15, 0.2) is 78.9 Å². The van der Waals surface area contributed by atoms with E-state index in [0.717, 1.165) is 26.4 Å². The van der Waals surface area contributed by atoms with Crippen LogP contribution < -0.4 is 33.2 Å². The third kappa shape index (κ3) is 7.01. The second-order valence-corrected chi connectivity index (χ2v) is 12.1. The smallest absolute Gasteiger partial charge is 0.244 e. The SMILES string of the molecule is COc1cc(-c2nc3ccccc3s2)ccc1OCCCOc1cc(-c2cc(-c3cc(OC)c(OC)c(OC)c3)nn2C(C)=O)ccc1OC. The average Bonchev–Trinajstić information content (AvgIpc) is 3.80. The summed E-state index contributed by atoms with van der Waals surface area (Å²) in [5, 5.41) is 5.53. The number of fused-ring (bicyclic) bond motifs is 1. The predicted octanol–water partition coefficient (Wildman–Crippen LogP) is 8.04. The van der Waals surface area contributed by atoms with Crippen LogP contribution in [0.3, 0.4) is 0 Å². The molecule has 4 aromatic carbocycles. The lowest BCUT2D eigenvalue weighted by Crippen LogP contribution is -2.09. The number of hydrogen-bond acceptors (Lipinski definition) is 11. The van der Waals surface area contributed by atoms with Crippen LogP contribution in [0.5, 0.6) is 40.2 Å². The minimum absolute atomic E-state index is 0.252. The van der Waals surface area contributed by atoms with Gasteiger partial charge in [-0.05, 0) is 66.7 Å². The highest BCUT2D eigenvalue weighted by Gasteiger charge is 2.20. The van der Waals surface area contributed by atoms with Crippen molar-refractivity contribution in [2.45, 2.75) is 13.3 Å². The van der Waals surface area contributed by atoms with E-state index >= 15 is 0 Å². The van der Waals surface area contributed by atoms with Gasteiger partial charge in [0.15, 0.2) is 34.5 Å². The van der Waals surface area contributed by atoms with Crippen LogP contribution in [-0.4, -0.2) is 69.4 Å². The molecule has 11 nitrogen and oxygen atoms in total. The number of aromatic nitrogens is 3. The molecule has 6 aromatic rings. The lowest BCUT2D eigenvalue weighted by molar-refractivity contribution is 0.0923. The van der Waals surface area contributed by atoms with E-state index in [2.05, 4.69) is 11.2 Å². The first-order valence-electron chi connectivity index (χ1n) is 15.8. The Balaban J connectivity index is 1.15. The summed E-state index contributed by atoms with van der Waals surface area (Å²) in [4.78, 5) is 17.5. The molecule has 0 N–H and O–H groups in total.